The van der Waals surface area contributed by atoms with Crippen LogP contribution in [0.3, 0.4) is 0 Å². The van der Waals surface area contributed by atoms with E-state index < -0.39 is 0 Å². The molecule has 0 aliphatic heterocycles. The van der Waals surface area contributed by atoms with Gasteiger partial charge in [-0.05, 0) is 0 Å². The van der Waals surface area contributed by atoms with Crippen molar-refractivity contribution < 1.29 is 0 Å². The Morgan fingerprint density at radius 2 is 2.00 bits per heavy atom. The monoisotopic (exact) mass is 154 g/mol. The molecule has 0 rings (SSSR count). The van der Waals surface area contributed by atoms with Crippen molar-refractivity contribution in [2.75, 3.05) is 0 Å². The summed E-state index contributed by atoms with van der Waals surface area (Å²) in [5, 5.41) is 0. The van der Waals surface area contributed by atoms with Gasteiger partial charge in [0.2, 0.25) is 0 Å². The van der Waals surface area contributed by atoms with Gasteiger partial charge in [-0.1, -0.05) is 0 Å². The number of rotatable bonds is 1. The molecule has 0 amide bonds. The molecule has 0 N–H and O–H groups in total. The first-order chi connectivity index (χ1) is 2.27. The molecule has 30 valence electrons. The fourth-order valence-electron chi connectivity index (χ4n) is 0. The second kappa shape index (κ2) is 2.83. The van der Waals surface area contributed by atoms with Crippen LogP contribution in [0.2, 0.25) is 5.82 Å². The zero-order chi connectivity index (χ0) is 4.28. The third kappa shape index (κ3) is 4.61. The van der Waals surface area contributed by atoms with Crippen LogP contribution in [0.15, 0.2) is 0 Å². The molecule has 0 spiro atoms. The molecule has 0 saturated heterocycles. The van der Waals surface area contributed by atoms with E-state index in [2.05, 4.69) is 5.82 Å². The van der Waals surface area contributed by atoms with Gasteiger partial charge in [0.25, 0.3) is 0 Å². The normalized spacial score (nSPS) is 7.60. The molecule has 0 nitrogen and oxygen atoms in total. The SMILES string of the molecule is C[Se]C(C)=S. The minimum absolute atomic E-state index is 0.606. The van der Waals surface area contributed by atoms with E-state index in [1.807, 2.05) is 6.92 Å². The van der Waals surface area contributed by atoms with E-state index >= 15 is 0 Å². The van der Waals surface area contributed by atoms with E-state index in [0.29, 0.717) is 15.0 Å². The van der Waals surface area contributed by atoms with Crippen molar-refractivity contribution in [2.24, 2.45) is 0 Å². The average Bonchev–Trinajstić information content (AvgIpc) is 1.38. The third-order valence-corrected chi connectivity index (χ3v) is 2.36. The van der Waals surface area contributed by atoms with Crippen LogP contribution in [0.1, 0.15) is 6.92 Å². The van der Waals surface area contributed by atoms with Gasteiger partial charge in [0.05, 0.1) is 0 Å². The van der Waals surface area contributed by atoms with E-state index in [-0.39, 0.29) is 0 Å². The first-order valence-electron chi connectivity index (χ1n) is 1.32. The first-order valence-corrected chi connectivity index (χ1v) is 4.29. The van der Waals surface area contributed by atoms with Gasteiger partial charge in [-0.2, -0.15) is 0 Å². The van der Waals surface area contributed by atoms with E-state index in [1.165, 1.54) is 0 Å². The summed E-state index contributed by atoms with van der Waals surface area (Å²) in [4.78, 5) is 0. The van der Waals surface area contributed by atoms with Crippen LogP contribution < -0.4 is 0 Å². The van der Waals surface area contributed by atoms with Crippen LogP contribution in [0.4, 0.5) is 0 Å². The standard InChI is InChI=1S/C3H6SSe/c1-3(4)5-2/h1-2H3. The van der Waals surface area contributed by atoms with Gasteiger partial charge in [0, 0.05) is 0 Å². The zero-order valence-electron chi connectivity index (χ0n) is 3.32. The van der Waals surface area contributed by atoms with Gasteiger partial charge >= 0.3 is 43.7 Å². The molecule has 2 heteroatoms. The maximum absolute atomic E-state index is 4.72. The van der Waals surface area contributed by atoms with Crippen molar-refractivity contribution >= 4 is 30.9 Å². The topological polar surface area (TPSA) is 0 Å². The summed E-state index contributed by atoms with van der Waals surface area (Å²) < 4.78 is 1.15. The molecule has 0 fully saturated rings. The third-order valence-electron chi connectivity index (χ3n) is 0.287. The van der Waals surface area contributed by atoms with E-state index in [9.17, 15) is 0 Å². The molecule has 0 aromatic heterocycles. The molecule has 0 aliphatic rings. The summed E-state index contributed by atoms with van der Waals surface area (Å²) in [6.45, 7) is 1.98. The summed E-state index contributed by atoms with van der Waals surface area (Å²) in [6.07, 6.45) is 0. The quantitative estimate of drug-likeness (QED) is 0.401. The second-order valence-corrected chi connectivity index (χ2v) is 4.03. The van der Waals surface area contributed by atoms with E-state index in [0.717, 1.165) is 3.76 Å². The van der Waals surface area contributed by atoms with E-state index in [1.54, 1.807) is 0 Å². The van der Waals surface area contributed by atoms with Crippen molar-refractivity contribution in [3.63, 3.8) is 0 Å². The number of hydrogen-bond donors (Lipinski definition) is 0. The molecule has 0 radical (unpaired) electrons. The van der Waals surface area contributed by atoms with Crippen LogP contribution in [-0.2, 0) is 0 Å². The maximum atomic E-state index is 4.72. The Hall–Kier alpha value is 0.609. The van der Waals surface area contributed by atoms with Crippen molar-refractivity contribution in [2.45, 2.75) is 12.7 Å². The molecular formula is C3H6SSe. The number of thiocarbonyl (C=S) groups is 1. The summed E-state index contributed by atoms with van der Waals surface area (Å²) >= 11 is 5.33. The average molecular weight is 153 g/mol. The zero-order valence-corrected chi connectivity index (χ0v) is 5.85. The molecule has 0 aromatic rings. The van der Waals surface area contributed by atoms with Gasteiger partial charge in [-0.15, -0.1) is 0 Å². The molecule has 0 aromatic carbocycles. The Morgan fingerprint density at radius 1 is 1.80 bits per heavy atom. The second-order valence-electron chi connectivity index (χ2n) is 0.696. The molecule has 0 atom stereocenters. The fraction of sp³-hybridized carbons (Fsp3) is 0.667. The van der Waals surface area contributed by atoms with Crippen molar-refractivity contribution in [3.8, 4) is 0 Å². The van der Waals surface area contributed by atoms with Gasteiger partial charge < -0.3 is 0 Å². The molecule has 0 unspecified atom stereocenters. The first kappa shape index (κ1) is 5.61. The predicted molar refractivity (Wildman–Crippen MR) is 29.9 cm³/mol. The van der Waals surface area contributed by atoms with Gasteiger partial charge in [0.1, 0.15) is 0 Å². The van der Waals surface area contributed by atoms with Crippen LogP contribution in [-0.4, -0.2) is 18.7 Å². The molecule has 5 heavy (non-hydrogen) atoms. The van der Waals surface area contributed by atoms with E-state index in [4.69, 9.17) is 12.2 Å². The summed E-state index contributed by atoms with van der Waals surface area (Å²) in [6, 6.07) is 0. The Bertz CT molecular complexity index is 42.2. The molecule has 0 saturated carbocycles. The van der Waals surface area contributed by atoms with Gasteiger partial charge in [-0.25, -0.2) is 0 Å². The van der Waals surface area contributed by atoms with Gasteiger partial charge in [0.15, 0.2) is 0 Å². The molecule has 0 aliphatic carbocycles. The minimum atomic E-state index is 0.606. The summed E-state index contributed by atoms with van der Waals surface area (Å²) in [5.74, 6) is 2.12. The van der Waals surface area contributed by atoms with Gasteiger partial charge in [-0.3, -0.25) is 0 Å². The Labute approximate surface area is 44.1 Å². The molecule has 0 bridgehead atoms. The van der Waals surface area contributed by atoms with Crippen LogP contribution in [0, 0.1) is 0 Å². The Morgan fingerprint density at radius 3 is 2.00 bits per heavy atom. The summed E-state index contributed by atoms with van der Waals surface area (Å²) in [7, 11) is 0. The molecular weight excluding hydrogens is 147 g/mol. The summed E-state index contributed by atoms with van der Waals surface area (Å²) in [5.41, 5.74) is 0. The Kier molecular flexibility index (Phi) is 3.17. The van der Waals surface area contributed by atoms with Crippen molar-refractivity contribution in [3.05, 3.63) is 0 Å². The van der Waals surface area contributed by atoms with Crippen molar-refractivity contribution in [1.82, 2.24) is 0 Å². The fourth-order valence-corrected chi connectivity index (χ4v) is 0. The molecule has 0 heterocycles. The van der Waals surface area contributed by atoms with Crippen molar-refractivity contribution in [1.29, 1.82) is 0 Å². The Balaban J connectivity index is 2.85. The number of hydrogen-bond acceptors (Lipinski definition) is 1. The van der Waals surface area contributed by atoms with Crippen LogP contribution >= 0.6 is 12.2 Å². The van der Waals surface area contributed by atoms with Crippen LogP contribution in [0.5, 0.6) is 0 Å². The van der Waals surface area contributed by atoms with Crippen LogP contribution in [0.25, 0.3) is 0 Å². The predicted octanol–water partition coefficient (Wildman–Crippen LogP) is 1.09.